The van der Waals surface area contributed by atoms with E-state index in [-0.39, 0.29) is 24.4 Å². The first kappa shape index (κ1) is 21.5. The van der Waals surface area contributed by atoms with Crippen LogP contribution in [0.25, 0.3) is 0 Å². The molecular weight excluding hydrogens is 354 g/mol. The van der Waals surface area contributed by atoms with E-state index in [0.717, 1.165) is 12.2 Å². The number of hydrogen-bond donors (Lipinski definition) is 0. The van der Waals surface area contributed by atoms with Crippen LogP contribution >= 0.6 is 0 Å². The first-order valence-corrected chi connectivity index (χ1v) is 9.67. The number of benzene rings is 1. The Labute approximate surface area is 167 Å². The van der Waals surface area contributed by atoms with Crippen LogP contribution in [0, 0.1) is 5.92 Å². The number of furan rings is 1. The molecule has 0 bridgehead atoms. The quantitative estimate of drug-likeness (QED) is 0.664. The van der Waals surface area contributed by atoms with Crippen molar-refractivity contribution in [3.8, 4) is 0 Å². The Morgan fingerprint density at radius 1 is 1.00 bits per heavy atom. The number of carbonyl (C=O) groups is 2. The molecule has 28 heavy (non-hydrogen) atoms. The number of amides is 3. The van der Waals surface area contributed by atoms with Crippen molar-refractivity contribution in [1.29, 1.82) is 0 Å². The molecule has 6 nitrogen and oxygen atoms in total. The van der Waals surface area contributed by atoms with Crippen LogP contribution in [0.1, 0.15) is 25.2 Å². The monoisotopic (exact) mass is 385 g/mol. The van der Waals surface area contributed by atoms with Crippen molar-refractivity contribution in [2.24, 2.45) is 5.92 Å². The van der Waals surface area contributed by atoms with Gasteiger partial charge in [0.15, 0.2) is 0 Å². The van der Waals surface area contributed by atoms with Gasteiger partial charge in [-0.05, 0) is 30.0 Å². The zero-order valence-electron chi connectivity index (χ0n) is 17.3. The number of nitrogens with zero attached hydrogens (tertiary/aromatic N) is 3. The molecule has 152 valence electrons. The van der Waals surface area contributed by atoms with Crippen LogP contribution in [0.4, 0.5) is 4.79 Å². The van der Waals surface area contributed by atoms with Gasteiger partial charge in [0.1, 0.15) is 12.3 Å². The predicted molar refractivity (Wildman–Crippen MR) is 110 cm³/mol. The molecular formula is C22H31N3O3. The second-order valence-corrected chi connectivity index (χ2v) is 7.58. The summed E-state index contributed by atoms with van der Waals surface area (Å²) in [6.07, 6.45) is 2.36. The molecule has 0 spiro atoms. The summed E-state index contributed by atoms with van der Waals surface area (Å²) < 4.78 is 5.44. The number of rotatable bonds is 9. The Morgan fingerprint density at radius 2 is 1.71 bits per heavy atom. The van der Waals surface area contributed by atoms with E-state index in [4.69, 9.17) is 4.42 Å². The van der Waals surface area contributed by atoms with Gasteiger partial charge in [0.2, 0.25) is 5.91 Å². The maximum Gasteiger partial charge on any atom is 0.319 e. The van der Waals surface area contributed by atoms with Crippen molar-refractivity contribution in [1.82, 2.24) is 14.7 Å². The lowest BCUT2D eigenvalue weighted by atomic mass is 10.1. The molecule has 0 N–H and O–H groups in total. The second-order valence-electron chi connectivity index (χ2n) is 7.58. The van der Waals surface area contributed by atoms with Crippen LogP contribution in [0.15, 0.2) is 53.1 Å². The summed E-state index contributed by atoms with van der Waals surface area (Å²) in [5.41, 5.74) is 1.17. The van der Waals surface area contributed by atoms with Gasteiger partial charge in [-0.3, -0.25) is 4.79 Å². The van der Waals surface area contributed by atoms with Crippen LogP contribution in [-0.4, -0.2) is 60.4 Å². The highest BCUT2D eigenvalue weighted by atomic mass is 16.3. The van der Waals surface area contributed by atoms with Crippen LogP contribution < -0.4 is 0 Å². The van der Waals surface area contributed by atoms with Gasteiger partial charge in [0.25, 0.3) is 0 Å². The summed E-state index contributed by atoms with van der Waals surface area (Å²) >= 11 is 0. The van der Waals surface area contributed by atoms with Gasteiger partial charge in [-0.2, -0.15) is 0 Å². The highest BCUT2D eigenvalue weighted by Crippen LogP contribution is 2.10. The van der Waals surface area contributed by atoms with Gasteiger partial charge in [0.05, 0.1) is 12.8 Å². The zero-order valence-corrected chi connectivity index (χ0v) is 17.3. The largest absolute Gasteiger partial charge is 0.467 e. The van der Waals surface area contributed by atoms with E-state index in [1.165, 1.54) is 10.5 Å². The highest BCUT2D eigenvalue weighted by molar-refractivity contribution is 5.84. The maximum absolute atomic E-state index is 13.1. The van der Waals surface area contributed by atoms with Crippen molar-refractivity contribution < 1.29 is 14.0 Å². The van der Waals surface area contributed by atoms with Gasteiger partial charge in [-0.25, -0.2) is 4.79 Å². The smallest absolute Gasteiger partial charge is 0.319 e. The van der Waals surface area contributed by atoms with Crippen LogP contribution in [0.3, 0.4) is 0 Å². The zero-order chi connectivity index (χ0) is 20.5. The third-order valence-electron chi connectivity index (χ3n) is 4.36. The molecule has 0 saturated carbocycles. The SMILES string of the molecule is CC(C)CN(CC(=O)N(CCc1ccccc1)Cc1ccco1)C(=O)N(C)C. The summed E-state index contributed by atoms with van der Waals surface area (Å²) in [7, 11) is 3.41. The highest BCUT2D eigenvalue weighted by Gasteiger charge is 2.23. The summed E-state index contributed by atoms with van der Waals surface area (Å²) in [6, 6.07) is 13.6. The molecule has 1 aromatic carbocycles. The lowest BCUT2D eigenvalue weighted by Crippen LogP contribution is -2.47. The van der Waals surface area contributed by atoms with E-state index in [9.17, 15) is 9.59 Å². The molecule has 0 aliphatic rings. The molecule has 0 atom stereocenters. The standard InChI is InChI=1S/C22H31N3O3/c1-18(2)15-25(22(27)23(3)4)17-21(26)24(16-20-11-8-14-28-20)13-12-19-9-6-5-7-10-19/h5-11,14,18H,12-13,15-17H2,1-4H3. The molecule has 0 radical (unpaired) electrons. The third kappa shape index (κ3) is 6.76. The van der Waals surface area contributed by atoms with Crippen molar-refractivity contribution in [3.63, 3.8) is 0 Å². The van der Waals surface area contributed by atoms with Gasteiger partial charge >= 0.3 is 6.03 Å². The fourth-order valence-electron chi connectivity index (χ4n) is 2.99. The molecule has 2 rings (SSSR count). The van der Waals surface area contributed by atoms with Gasteiger partial charge in [-0.15, -0.1) is 0 Å². The molecule has 0 fully saturated rings. The maximum atomic E-state index is 13.1. The fraction of sp³-hybridized carbons (Fsp3) is 0.455. The Balaban J connectivity index is 2.10. The van der Waals surface area contributed by atoms with Crippen molar-refractivity contribution >= 4 is 11.9 Å². The number of hydrogen-bond acceptors (Lipinski definition) is 3. The summed E-state index contributed by atoms with van der Waals surface area (Å²) in [5, 5.41) is 0. The lowest BCUT2D eigenvalue weighted by molar-refractivity contribution is -0.132. The second kappa shape index (κ2) is 10.5. The molecule has 0 saturated heterocycles. The van der Waals surface area contributed by atoms with Crippen LogP contribution in [-0.2, 0) is 17.8 Å². The van der Waals surface area contributed by atoms with E-state index in [1.807, 2.05) is 44.2 Å². The molecule has 1 heterocycles. The number of carbonyl (C=O) groups excluding carboxylic acids is 2. The Kier molecular flexibility index (Phi) is 8.11. The normalized spacial score (nSPS) is 10.8. The van der Waals surface area contributed by atoms with Gasteiger partial charge in [-0.1, -0.05) is 44.2 Å². The summed E-state index contributed by atoms with van der Waals surface area (Å²) in [6.45, 7) is 5.63. The molecule has 0 aliphatic carbocycles. The Hall–Kier alpha value is -2.76. The summed E-state index contributed by atoms with van der Waals surface area (Å²) in [4.78, 5) is 30.5. The average Bonchev–Trinajstić information content (AvgIpc) is 3.17. The number of urea groups is 1. The molecule has 0 unspecified atom stereocenters. The molecule has 6 heteroatoms. The fourth-order valence-corrected chi connectivity index (χ4v) is 2.99. The molecule has 3 amide bonds. The lowest BCUT2D eigenvalue weighted by Gasteiger charge is -2.30. The van der Waals surface area contributed by atoms with E-state index in [0.29, 0.717) is 19.6 Å². The van der Waals surface area contributed by atoms with Crippen LogP contribution in [0.2, 0.25) is 0 Å². The van der Waals surface area contributed by atoms with Gasteiger partial charge in [0, 0.05) is 27.2 Å². The van der Waals surface area contributed by atoms with Crippen LogP contribution in [0.5, 0.6) is 0 Å². The van der Waals surface area contributed by atoms with Gasteiger partial charge < -0.3 is 19.1 Å². The molecule has 1 aromatic heterocycles. The first-order chi connectivity index (χ1) is 13.4. The van der Waals surface area contributed by atoms with E-state index in [2.05, 4.69) is 12.1 Å². The average molecular weight is 386 g/mol. The summed E-state index contributed by atoms with van der Waals surface area (Å²) in [5.74, 6) is 0.929. The first-order valence-electron chi connectivity index (χ1n) is 9.67. The van der Waals surface area contributed by atoms with E-state index >= 15 is 0 Å². The van der Waals surface area contributed by atoms with Crippen molar-refractivity contribution in [2.75, 3.05) is 33.7 Å². The minimum absolute atomic E-state index is 0.0602. The Morgan fingerprint density at radius 3 is 2.29 bits per heavy atom. The molecule has 0 aliphatic heterocycles. The third-order valence-corrected chi connectivity index (χ3v) is 4.36. The Bertz CT molecular complexity index is 727. The van der Waals surface area contributed by atoms with E-state index in [1.54, 1.807) is 30.2 Å². The minimum Gasteiger partial charge on any atom is -0.467 e. The minimum atomic E-state index is -0.150. The van der Waals surface area contributed by atoms with Crippen molar-refractivity contribution in [2.45, 2.75) is 26.8 Å². The van der Waals surface area contributed by atoms with Crippen molar-refractivity contribution in [3.05, 3.63) is 60.1 Å². The predicted octanol–water partition coefficient (Wildman–Crippen LogP) is 3.49. The van der Waals surface area contributed by atoms with E-state index < -0.39 is 0 Å². The molecule has 2 aromatic rings. The topological polar surface area (TPSA) is 57.0 Å².